The van der Waals surface area contributed by atoms with Gasteiger partial charge >= 0.3 is 0 Å². The monoisotopic (exact) mass is 332 g/mol. The smallest absolute Gasteiger partial charge is 0.274 e. The van der Waals surface area contributed by atoms with Gasteiger partial charge in [-0.3, -0.25) is 9.59 Å². The molecule has 0 unspecified atom stereocenters. The van der Waals surface area contributed by atoms with Gasteiger partial charge in [-0.2, -0.15) is 0 Å². The number of carbonyl (C=O) groups excluding carboxylic acids is 1. The average Bonchev–Trinajstić information content (AvgIpc) is 2.61. The molecule has 1 heterocycles. The summed E-state index contributed by atoms with van der Waals surface area (Å²) in [6.45, 7) is 2.48. The van der Waals surface area contributed by atoms with E-state index in [0.717, 1.165) is 16.7 Å². The third-order valence-electron chi connectivity index (χ3n) is 3.98. The van der Waals surface area contributed by atoms with Crippen LogP contribution in [-0.4, -0.2) is 10.5 Å². The van der Waals surface area contributed by atoms with Crippen LogP contribution in [0.25, 0.3) is 0 Å². The first-order valence-electron chi connectivity index (χ1n) is 8.20. The number of anilines is 1. The summed E-state index contributed by atoms with van der Waals surface area (Å²) in [4.78, 5) is 24.8. The highest BCUT2D eigenvalue weighted by Crippen LogP contribution is 2.07. The van der Waals surface area contributed by atoms with Gasteiger partial charge in [0.05, 0.1) is 13.0 Å². The van der Waals surface area contributed by atoms with Gasteiger partial charge in [-0.1, -0.05) is 60.2 Å². The number of rotatable bonds is 5. The topological polar surface area (TPSA) is 51.1 Å². The van der Waals surface area contributed by atoms with Crippen molar-refractivity contribution < 1.29 is 4.79 Å². The summed E-state index contributed by atoms with van der Waals surface area (Å²) in [5.41, 5.74) is 3.20. The second kappa shape index (κ2) is 7.62. The number of benzene rings is 2. The molecule has 4 heteroatoms. The first-order chi connectivity index (χ1) is 12.1. The number of hydrogen-bond donors (Lipinski definition) is 1. The molecule has 2 aromatic carbocycles. The van der Waals surface area contributed by atoms with Crippen LogP contribution in [-0.2, 0) is 17.8 Å². The number of carbonyl (C=O) groups is 1. The van der Waals surface area contributed by atoms with Crippen LogP contribution < -0.4 is 10.9 Å². The van der Waals surface area contributed by atoms with Gasteiger partial charge in [0.15, 0.2) is 0 Å². The van der Waals surface area contributed by atoms with E-state index in [0.29, 0.717) is 12.2 Å². The first-order valence-corrected chi connectivity index (χ1v) is 8.20. The van der Waals surface area contributed by atoms with Crippen molar-refractivity contribution in [1.29, 1.82) is 0 Å². The highest BCUT2D eigenvalue weighted by molar-refractivity contribution is 5.92. The van der Waals surface area contributed by atoms with Crippen molar-refractivity contribution in [3.8, 4) is 0 Å². The van der Waals surface area contributed by atoms with Gasteiger partial charge < -0.3 is 9.88 Å². The van der Waals surface area contributed by atoms with E-state index in [-0.39, 0.29) is 17.9 Å². The van der Waals surface area contributed by atoms with Gasteiger partial charge in [0.1, 0.15) is 5.69 Å². The number of nitrogens with one attached hydrogen (secondary N) is 1. The van der Waals surface area contributed by atoms with E-state index in [9.17, 15) is 9.59 Å². The molecule has 0 atom stereocenters. The maximum Gasteiger partial charge on any atom is 0.274 e. The number of hydrogen-bond acceptors (Lipinski definition) is 2. The molecule has 0 spiro atoms. The fourth-order valence-corrected chi connectivity index (χ4v) is 2.62. The van der Waals surface area contributed by atoms with E-state index in [4.69, 9.17) is 0 Å². The largest absolute Gasteiger partial charge is 0.321 e. The summed E-state index contributed by atoms with van der Waals surface area (Å²) < 4.78 is 1.59. The van der Waals surface area contributed by atoms with Crippen LogP contribution in [0, 0.1) is 6.92 Å². The predicted octanol–water partition coefficient (Wildman–Crippen LogP) is 3.39. The fraction of sp³-hybridized carbons (Fsp3) is 0.143. The van der Waals surface area contributed by atoms with Crippen LogP contribution in [0.2, 0.25) is 0 Å². The Balaban J connectivity index is 1.72. The highest BCUT2D eigenvalue weighted by atomic mass is 16.2. The van der Waals surface area contributed by atoms with Gasteiger partial charge in [0, 0.05) is 6.20 Å². The molecule has 3 aromatic rings. The summed E-state index contributed by atoms with van der Waals surface area (Å²) >= 11 is 0. The SMILES string of the molecule is Cc1ccc(CC(=O)Nc2cccn(Cc3ccccc3)c2=O)cc1. The number of amides is 1. The third kappa shape index (κ3) is 4.44. The molecule has 1 aromatic heterocycles. The van der Waals surface area contributed by atoms with Gasteiger partial charge in [0.2, 0.25) is 5.91 Å². The van der Waals surface area contributed by atoms with Crippen molar-refractivity contribution in [1.82, 2.24) is 4.57 Å². The molecule has 0 saturated heterocycles. The quantitative estimate of drug-likeness (QED) is 0.779. The van der Waals surface area contributed by atoms with Crippen LogP contribution in [0.3, 0.4) is 0 Å². The predicted molar refractivity (Wildman–Crippen MR) is 99.8 cm³/mol. The van der Waals surface area contributed by atoms with Crippen molar-refractivity contribution in [2.45, 2.75) is 19.9 Å². The summed E-state index contributed by atoms with van der Waals surface area (Å²) in [7, 11) is 0. The molecule has 0 radical (unpaired) electrons. The minimum Gasteiger partial charge on any atom is -0.321 e. The molecule has 1 amide bonds. The maximum atomic E-state index is 12.6. The Kier molecular flexibility index (Phi) is 5.09. The number of pyridine rings is 1. The number of aromatic nitrogens is 1. The van der Waals surface area contributed by atoms with Gasteiger partial charge in [-0.15, -0.1) is 0 Å². The molecule has 0 saturated carbocycles. The van der Waals surface area contributed by atoms with Gasteiger partial charge in [0.25, 0.3) is 5.56 Å². The second-order valence-corrected chi connectivity index (χ2v) is 6.05. The summed E-state index contributed by atoms with van der Waals surface area (Å²) in [5.74, 6) is -0.196. The first kappa shape index (κ1) is 16.7. The molecule has 4 nitrogen and oxygen atoms in total. The Morgan fingerprint density at radius 1 is 0.920 bits per heavy atom. The van der Waals surface area contributed by atoms with Crippen LogP contribution >= 0.6 is 0 Å². The standard InChI is InChI=1S/C21H20N2O2/c1-16-9-11-17(12-10-16)14-20(24)22-19-8-5-13-23(21(19)25)15-18-6-3-2-4-7-18/h2-13H,14-15H2,1H3,(H,22,24). The lowest BCUT2D eigenvalue weighted by molar-refractivity contribution is -0.115. The molecule has 0 aliphatic heterocycles. The minimum absolute atomic E-state index is 0.196. The lowest BCUT2D eigenvalue weighted by Gasteiger charge is -2.09. The summed E-state index contributed by atoms with van der Waals surface area (Å²) in [6.07, 6.45) is 1.97. The van der Waals surface area contributed by atoms with Crippen LogP contribution in [0.15, 0.2) is 77.7 Å². The Labute approximate surface area is 146 Å². The van der Waals surface area contributed by atoms with E-state index in [1.807, 2.05) is 61.5 Å². The Morgan fingerprint density at radius 3 is 2.36 bits per heavy atom. The minimum atomic E-state index is -0.205. The molecule has 0 fully saturated rings. The normalized spacial score (nSPS) is 10.4. The van der Waals surface area contributed by atoms with Crippen molar-refractivity contribution >= 4 is 11.6 Å². The highest BCUT2D eigenvalue weighted by Gasteiger charge is 2.09. The van der Waals surface area contributed by atoms with Crippen LogP contribution in [0.1, 0.15) is 16.7 Å². The second-order valence-electron chi connectivity index (χ2n) is 6.05. The van der Waals surface area contributed by atoms with Crippen molar-refractivity contribution in [2.75, 3.05) is 5.32 Å². The van der Waals surface area contributed by atoms with Crippen molar-refractivity contribution in [3.63, 3.8) is 0 Å². The van der Waals surface area contributed by atoms with E-state index < -0.39 is 0 Å². The molecular formula is C21H20N2O2. The van der Waals surface area contributed by atoms with Crippen molar-refractivity contribution in [2.24, 2.45) is 0 Å². The summed E-state index contributed by atoms with van der Waals surface area (Å²) in [5, 5.41) is 2.73. The molecule has 0 aliphatic rings. The molecule has 126 valence electrons. The molecule has 3 rings (SSSR count). The van der Waals surface area contributed by atoms with E-state index >= 15 is 0 Å². The van der Waals surface area contributed by atoms with E-state index in [2.05, 4.69) is 5.32 Å². The van der Waals surface area contributed by atoms with E-state index in [1.165, 1.54) is 0 Å². The van der Waals surface area contributed by atoms with Crippen molar-refractivity contribution in [3.05, 3.63) is 100.0 Å². The molecule has 0 bridgehead atoms. The lowest BCUT2D eigenvalue weighted by atomic mass is 10.1. The average molecular weight is 332 g/mol. The zero-order chi connectivity index (χ0) is 17.6. The lowest BCUT2D eigenvalue weighted by Crippen LogP contribution is -2.26. The van der Waals surface area contributed by atoms with Crippen LogP contribution in [0.5, 0.6) is 0 Å². The third-order valence-corrected chi connectivity index (χ3v) is 3.98. The molecule has 0 aliphatic carbocycles. The van der Waals surface area contributed by atoms with Gasteiger partial charge in [-0.05, 0) is 30.2 Å². The van der Waals surface area contributed by atoms with Crippen LogP contribution in [0.4, 0.5) is 5.69 Å². The van der Waals surface area contributed by atoms with Gasteiger partial charge in [-0.25, -0.2) is 0 Å². The Hall–Kier alpha value is -3.14. The number of nitrogens with zero attached hydrogens (tertiary/aromatic N) is 1. The Bertz CT molecular complexity index is 913. The Morgan fingerprint density at radius 2 is 1.64 bits per heavy atom. The molecule has 25 heavy (non-hydrogen) atoms. The zero-order valence-corrected chi connectivity index (χ0v) is 14.1. The maximum absolute atomic E-state index is 12.6. The van der Waals surface area contributed by atoms with E-state index in [1.54, 1.807) is 22.9 Å². The molecule has 1 N–H and O–H groups in total. The fourth-order valence-electron chi connectivity index (χ4n) is 2.62. The summed E-state index contributed by atoms with van der Waals surface area (Å²) in [6, 6.07) is 20.9. The zero-order valence-electron chi connectivity index (χ0n) is 14.1. The molecular weight excluding hydrogens is 312 g/mol. The number of aryl methyl sites for hydroxylation is 1.